The number of piperidine rings is 1. The fourth-order valence-corrected chi connectivity index (χ4v) is 3.11. The molecule has 0 aromatic carbocycles. The Morgan fingerprint density at radius 2 is 2.00 bits per heavy atom. The van der Waals surface area contributed by atoms with E-state index in [-0.39, 0.29) is 0 Å². The van der Waals surface area contributed by atoms with Crippen LogP contribution in [0.1, 0.15) is 40.0 Å². The zero-order chi connectivity index (χ0) is 10.8. The molecule has 1 saturated carbocycles. The summed E-state index contributed by atoms with van der Waals surface area (Å²) in [4.78, 5) is 2.58. The molecule has 0 spiro atoms. The van der Waals surface area contributed by atoms with Crippen molar-refractivity contribution in [3.05, 3.63) is 0 Å². The number of nitrogens with zero attached hydrogens (tertiary/aromatic N) is 1. The average molecular weight is 210 g/mol. The molecule has 1 saturated heterocycles. The summed E-state index contributed by atoms with van der Waals surface area (Å²) in [5.41, 5.74) is 0. The van der Waals surface area contributed by atoms with Gasteiger partial charge in [-0.2, -0.15) is 0 Å². The number of hydrogen-bond acceptors (Lipinski definition) is 2. The van der Waals surface area contributed by atoms with E-state index >= 15 is 0 Å². The molecule has 2 rings (SSSR count). The SMILES string of the molecule is CCN1CCC(NC2CC(C)C2)C(C)C1. The molecule has 0 bridgehead atoms. The summed E-state index contributed by atoms with van der Waals surface area (Å²) in [5.74, 6) is 1.79. The fraction of sp³-hybridized carbons (Fsp3) is 1.00. The van der Waals surface area contributed by atoms with E-state index in [0.29, 0.717) is 0 Å². The Labute approximate surface area is 94.4 Å². The summed E-state index contributed by atoms with van der Waals surface area (Å²) in [6.45, 7) is 10.8. The number of nitrogens with one attached hydrogen (secondary N) is 1. The van der Waals surface area contributed by atoms with Crippen molar-refractivity contribution in [1.29, 1.82) is 0 Å². The first kappa shape index (κ1) is 11.4. The summed E-state index contributed by atoms with van der Waals surface area (Å²) >= 11 is 0. The lowest BCUT2D eigenvalue weighted by molar-refractivity contribution is 0.122. The standard InChI is InChI=1S/C13H26N2/c1-4-15-6-5-13(11(3)9-15)14-12-7-10(2)8-12/h10-14H,4-9H2,1-3H3. The lowest BCUT2D eigenvalue weighted by atomic mass is 9.80. The molecule has 2 atom stereocenters. The minimum absolute atomic E-state index is 0.783. The Morgan fingerprint density at radius 1 is 1.27 bits per heavy atom. The minimum atomic E-state index is 0.783. The van der Waals surface area contributed by atoms with Crippen LogP contribution in [-0.4, -0.2) is 36.6 Å². The van der Waals surface area contributed by atoms with Gasteiger partial charge >= 0.3 is 0 Å². The summed E-state index contributed by atoms with van der Waals surface area (Å²) in [6, 6.07) is 1.62. The molecule has 15 heavy (non-hydrogen) atoms. The Kier molecular flexibility index (Phi) is 3.68. The molecule has 1 heterocycles. The second-order valence-electron chi connectivity index (χ2n) is 5.71. The van der Waals surface area contributed by atoms with E-state index in [9.17, 15) is 0 Å². The van der Waals surface area contributed by atoms with Gasteiger partial charge in [0.15, 0.2) is 0 Å². The van der Waals surface area contributed by atoms with Crippen molar-refractivity contribution in [1.82, 2.24) is 10.2 Å². The first-order chi connectivity index (χ1) is 7.19. The van der Waals surface area contributed by atoms with Crippen molar-refractivity contribution in [2.75, 3.05) is 19.6 Å². The summed E-state index contributed by atoms with van der Waals surface area (Å²) in [6.07, 6.45) is 4.15. The first-order valence-corrected chi connectivity index (χ1v) is 6.67. The lowest BCUT2D eigenvalue weighted by Crippen LogP contribution is -2.53. The summed E-state index contributed by atoms with van der Waals surface area (Å²) in [7, 11) is 0. The summed E-state index contributed by atoms with van der Waals surface area (Å²) < 4.78 is 0. The molecule has 2 heteroatoms. The van der Waals surface area contributed by atoms with E-state index in [2.05, 4.69) is 31.0 Å². The maximum Gasteiger partial charge on any atom is 0.0120 e. The minimum Gasteiger partial charge on any atom is -0.311 e. The van der Waals surface area contributed by atoms with Gasteiger partial charge in [0, 0.05) is 18.6 Å². The van der Waals surface area contributed by atoms with E-state index in [1.165, 1.54) is 38.9 Å². The van der Waals surface area contributed by atoms with Crippen molar-refractivity contribution in [3.63, 3.8) is 0 Å². The average Bonchev–Trinajstić information content (AvgIpc) is 2.18. The maximum absolute atomic E-state index is 3.85. The zero-order valence-corrected chi connectivity index (χ0v) is 10.5. The van der Waals surface area contributed by atoms with E-state index in [0.717, 1.165) is 23.9 Å². The molecule has 2 nitrogen and oxygen atoms in total. The smallest absolute Gasteiger partial charge is 0.0120 e. The van der Waals surface area contributed by atoms with Crippen LogP contribution in [0.15, 0.2) is 0 Å². The van der Waals surface area contributed by atoms with Gasteiger partial charge in [-0.3, -0.25) is 0 Å². The maximum atomic E-state index is 3.85. The Morgan fingerprint density at radius 3 is 2.53 bits per heavy atom. The summed E-state index contributed by atoms with van der Waals surface area (Å²) in [5, 5.41) is 3.85. The third-order valence-electron chi connectivity index (χ3n) is 4.26. The lowest BCUT2D eigenvalue weighted by Gasteiger charge is -2.42. The van der Waals surface area contributed by atoms with Gasteiger partial charge in [0.1, 0.15) is 0 Å². The Hall–Kier alpha value is -0.0800. The van der Waals surface area contributed by atoms with Crippen LogP contribution in [0.4, 0.5) is 0 Å². The largest absolute Gasteiger partial charge is 0.311 e. The van der Waals surface area contributed by atoms with Crippen molar-refractivity contribution >= 4 is 0 Å². The van der Waals surface area contributed by atoms with E-state index in [1.54, 1.807) is 0 Å². The van der Waals surface area contributed by atoms with Crippen molar-refractivity contribution in [2.24, 2.45) is 11.8 Å². The van der Waals surface area contributed by atoms with Crippen molar-refractivity contribution in [3.8, 4) is 0 Å². The van der Waals surface area contributed by atoms with Gasteiger partial charge in [-0.25, -0.2) is 0 Å². The molecular weight excluding hydrogens is 184 g/mol. The van der Waals surface area contributed by atoms with Gasteiger partial charge in [-0.15, -0.1) is 0 Å². The molecule has 1 N–H and O–H groups in total. The van der Waals surface area contributed by atoms with Gasteiger partial charge < -0.3 is 10.2 Å². The molecule has 1 aliphatic carbocycles. The van der Waals surface area contributed by atoms with Crippen LogP contribution in [0.3, 0.4) is 0 Å². The molecule has 0 radical (unpaired) electrons. The molecule has 0 aromatic rings. The van der Waals surface area contributed by atoms with Crippen molar-refractivity contribution < 1.29 is 0 Å². The van der Waals surface area contributed by atoms with E-state index in [4.69, 9.17) is 0 Å². The molecular formula is C13H26N2. The number of rotatable bonds is 3. The molecule has 0 amide bonds. The third kappa shape index (κ3) is 2.73. The highest BCUT2D eigenvalue weighted by atomic mass is 15.1. The molecule has 0 aromatic heterocycles. The van der Waals surface area contributed by atoms with Crippen LogP contribution in [-0.2, 0) is 0 Å². The Bertz CT molecular complexity index is 199. The van der Waals surface area contributed by atoms with Crippen LogP contribution < -0.4 is 5.32 Å². The fourth-order valence-electron chi connectivity index (χ4n) is 3.11. The third-order valence-corrected chi connectivity index (χ3v) is 4.26. The molecule has 88 valence electrons. The normalized spacial score (nSPS) is 42.6. The topological polar surface area (TPSA) is 15.3 Å². The van der Waals surface area contributed by atoms with Gasteiger partial charge in [-0.1, -0.05) is 20.8 Å². The second-order valence-corrected chi connectivity index (χ2v) is 5.71. The highest BCUT2D eigenvalue weighted by Gasteiger charge is 2.31. The quantitative estimate of drug-likeness (QED) is 0.767. The van der Waals surface area contributed by atoms with E-state index < -0.39 is 0 Å². The van der Waals surface area contributed by atoms with Crippen LogP contribution >= 0.6 is 0 Å². The van der Waals surface area contributed by atoms with Gasteiger partial charge in [0.2, 0.25) is 0 Å². The highest BCUT2D eigenvalue weighted by Crippen LogP contribution is 2.28. The van der Waals surface area contributed by atoms with Crippen LogP contribution in [0.25, 0.3) is 0 Å². The number of hydrogen-bond donors (Lipinski definition) is 1. The second kappa shape index (κ2) is 4.84. The molecule has 2 fully saturated rings. The Balaban J connectivity index is 1.74. The molecule has 2 unspecified atom stereocenters. The van der Waals surface area contributed by atoms with Crippen LogP contribution in [0, 0.1) is 11.8 Å². The van der Waals surface area contributed by atoms with Gasteiger partial charge in [0.05, 0.1) is 0 Å². The first-order valence-electron chi connectivity index (χ1n) is 6.67. The monoisotopic (exact) mass is 210 g/mol. The van der Waals surface area contributed by atoms with Crippen LogP contribution in [0.5, 0.6) is 0 Å². The predicted molar refractivity (Wildman–Crippen MR) is 65.0 cm³/mol. The van der Waals surface area contributed by atoms with Gasteiger partial charge in [-0.05, 0) is 44.2 Å². The predicted octanol–water partition coefficient (Wildman–Crippen LogP) is 2.10. The zero-order valence-electron chi connectivity index (χ0n) is 10.5. The van der Waals surface area contributed by atoms with E-state index in [1.807, 2.05) is 0 Å². The van der Waals surface area contributed by atoms with Gasteiger partial charge in [0.25, 0.3) is 0 Å². The van der Waals surface area contributed by atoms with Crippen molar-refractivity contribution in [2.45, 2.75) is 52.1 Å². The molecule has 1 aliphatic heterocycles. The van der Waals surface area contributed by atoms with Crippen LogP contribution in [0.2, 0.25) is 0 Å². The number of likely N-dealkylation sites (tertiary alicyclic amines) is 1. The molecule has 2 aliphatic rings. The highest BCUT2D eigenvalue weighted by molar-refractivity contribution is 4.89.